The van der Waals surface area contributed by atoms with Gasteiger partial charge >= 0.3 is 23.9 Å². The lowest BCUT2D eigenvalue weighted by Crippen LogP contribution is -2.61. The van der Waals surface area contributed by atoms with Crippen molar-refractivity contribution in [2.45, 2.75) is 289 Å². The van der Waals surface area contributed by atoms with E-state index in [1.807, 2.05) is 0 Å². The number of unbranched alkanes of at least 4 members (excludes halogenated alkanes) is 28. The second-order valence-electron chi connectivity index (χ2n) is 18.9. The summed E-state index contributed by atoms with van der Waals surface area (Å²) >= 11 is 0. The molecule has 0 aromatic heterocycles. The van der Waals surface area contributed by atoms with Crippen molar-refractivity contribution in [1.29, 1.82) is 0 Å². The first-order chi connectivity index (χ1) is 32.6. The molecule has 3 N–H and O–H groups in total. The number of aliphatic carboxylic acids is 1. The molecule has 1 rings (SSSR count). The number of hydrogen-bond donors (Lipinski definition) is 3. The van der Waals surface area contributed by atoms with Gasteiger partial charge in [0, 0.05) is 19.3 Å². The monoisotopic (exact) mass is 951 g/mol. The Balaban J connectivity index is 2.67. The first-order valence-electron chi connectivity index (χ1n) is 27.3. The second-order valence-corrected chi connectivity index (χ2v) is 18.9. The van der Waals surface area contributed by atoms with Gasteiger partial charge in [-0.3, -0.25) is 14.4 Å². The van der Waals surface area contributed by atoms with Gasteiger partial charge in [0.15, 0.2) is 24.6 Å². The topological polar surface area (TPSA) is 175 Å². The molecule has 6 atom stereocenters. The zero-order valence-electron chi connectivity index (χ0n) is 42.7. The first kappa shape index (κ1) is 62.2. The van der Waals surface area contributed by atoms with Gasteiger partial charge in [-0.15, -0.1) is 0 Å². The predicted octanol–water partition coefficient (Wildman–Crippen LogP) is 13.1. The van der Waals surface area contributed by atoms with Gasteiger partial charge < -0.3 is 39.0 Å². The summed E-state index contributed by atoms with van der Waals surface area (Å²) < 4.78 is 28.3. The van der Waals surface area contributed by atoms with Crippen molar-refractivity contribution in [2.75, 3.05) is 13.2 Å². The molecule has 0 aliphatic carbocycles. The average Bonchev–Trinajstić information content (AvgIpc) is 3.31. The van der Waals surface area contributed by atoms with Crippen LogP contribution in [0.2, 0.25) is 0 Å². The Morgan fingerprint density at radius 3 is 1.31 bits per heavy atom. The fraction of sp³-hybridized carbons (Fsp3) is 0.855. The number of carbonyl (C=O) groups is 4. The predicted molar refractivity (Wildman–Crippen MR) is 266 cm³/mol. The second kappa shape index (κ2) is 44.4. The molecule has 67 heavy (non-hydrogen) atoms. The highest BCUT2D eigenvalue weighted by molar-refractivity contribution is 5.74. The summed E-state index contributed by atoms with van der Waals surface area (Å²) in [6.45, 7) is 5.91. The number of allylic oxidation sites excluding steroid dienone is 4. The van der Waals surface area contributed by atoms with E-state index in [9.17, 15) is 34.5 Å². The number of aliphatic hydroxyl groups excluding tert-OH is 2. The van der Waals surface area contributed by atoms with Crippen LogP contribution in [0.5, 0.6) is 0 Å². The molecule has 0 radical (unpaired) electrons. The van der Waals surface area contributed by atoms with Gasteiger partial charge in [0.25, 0.3) is 0 Å². The molecule has 0 saturated carbocycles. The molecular weight excluding hydrogens is 853 g/mol. The maximum atomic E-state index is 13.0. The third-order valence-electron chi connectivity index (χ3n) is 12.5. The number of carboxylic acids is 1. The van der Waals surface area contributed by atoms with Crippen LogP contribution in [-0.2, 0) is 42.9 Å². The zero-order chi connectivity index (χ0) is 49.0. The van der Waals surface area contributed by atoms with Crippen molar-refractivity contribution in [2.24, 2.45) is 0 Å². The minimum Gasteiger partial charge on any atom is -0.479 e. The van der Waals surface area contributed by atoms with E-state index in [1.54, 1.807) is 0 Å². The lowest BCUT2D eigenvalue weighted by molar-refractivity contribution is -0.301. The lowest BCUT2D eigenvalue weighted by atomic mass is 9.98. The quantitative estimate of drug-likeness (QED) is 0.0228. The average molecular weight is 951 g/mol. The Morgan fingerprint density at radius 1 is 0.478 bits per heavy atom. The molecule has 0 aromatic carbocycles. The maximum absolute atomic E-state index is 13.0. The van der Waals surface area contributed by atoms with Crippen LogP contribution in [0.3, 0.4) is 0 Å². The summed E-state index contributed by atoms with van der Waals surface area (Å²) in [4.78, 5) is 50.8. The molecular formula is C55H98O12. The van der Waals surface area contributed by atoms with Crippen LogP contribution in [0, 0.1) is 0 Å². The highest BCUT2D eigenvalue weighted by Crippen LogP contribution is 2.26. The molecule has 0 spiro atoms. The summed E-state index contributed by atoms with van der Waals surface area (Å²) in [7, 11) is 0. The summed E-state index contributed by atoms with van der Waals surface area (Å²) in [5.41, 5.74) is 0. The third kappa shape index (κ3) is 35.0. The van der Waals surface area contributed by atoms with E-state index in [2.05, 4.69) is 45.1 Å². The highest BCUT2D eigenvalue weighted by Gasteiger charge is 2.50. The SMILES string of the molecule is CCCC/C=C\CCCCCCCC(=O)OCC(COC1OC(C(=O)O)C(O)C(O)C1OC(=O)CCCCCCCCC/C=C\CCCCCCCC)OC(=O)CCCCCCCCCCC. The van der Waals surface area contributed by atoms with Crippen LogP contribution in [0.15, 0.2) is 24.3 Å². The molecule has 1 saturated heterocycles. The lowest BCUT2D eigenvalue weighted by Gasteiger charge is -2.40. The first-order valence-corrected chi connectivity index (χ1v) is 27.3. The normalized spacial score (nSPS) is 19.0. The number of aliphatic hydroxyl groups is 2. The molecule has 0 bridgehead atoms. The minimum atomic E-state index is -1.90. The number of carboxylic acid groups (broad SMARTS) is 1. The van der Waals surface area contributed by atoms with Crippen LogP contribution in [0.4, 0.5) is 0 Å². The Bertz CT molecular complexity index is 1270. The molecule has 6 unspecified atom stereocenters. The van der Waals surface area contributed by atoms with E-state index >= 15 is 0 Å². The number of esters is 3. The van der Waals surface area contributed by atoms with Gasteiger partial charge in [-0.2, -0.15) is 0 Å². The Labute approximate surface area is 407 Å². The Morgan fingerprint density at radius 2 is 0.866 bits per heavy atom. The van der Waals surface area contributed by atoms with Crippen LogP contribution in [0.25, 0.3) is 0 Å². The standard InChI is InChI=1S/C55H98O12/c1-4-7-10-13-16-19-21-22-23-24-25-26-28-31-34-37-40-43-49(58)66-53-51(60)50(59)52(54(61)62)67-55(53)64-45-46(65-48(57)42-39-36-33-29-18-15-12-9-6-3)44-63-47(56)41-38-35-32-30-27-20-17-14-11-8-5-2/h14,17,22-23,46,50-53,55,59-60H,4-13,15-16,18-21,24-45H2,1-3H3,(H,61,62)/b17-14-,23-22-. The minimum absolute atomic E-state index is 0.0588. The fourth-order valence-electron chi connectivity index (χ4n) is 8.23. The summed E-state index contributed by atoms with van der Waals surface area (Å²) in [5.74, 6) is -3.12. The number of ether oxygens (including phenoxy) is 5. The van der Waals surface area contributed by atoms with E-state index in [-0.39, 0.29) is 25.9 Å². The summed E-state index contributed by atoms with van der Waals surface area (Å²) in [6.07, 6.45) is 36.0. The van der Waals surface area contributed by atoms with Gasteiger partial charge in [-0.1, -0.05) is 193 Å². The van der Waals surface area contributed by atoms with E-state index in [0.717, 1.165) is 89.9 Å². The van der Waals surface area contributed by atoms with Gasteiger partial charge in [0.2, 0.25) is 0 Å². The van der Waals surface area contributed by atoms with Gasteiger partial charge in [0.1, 0.15) is 18.8 Å². The molecule has 1 fully saturated rings. The number of rotatable bonds is 46. The molecule has 0 aromatic rings. The summed E-state index contributed by atoms with van der Waals surface area (Å²) in [6, 6.07) is 0. The Kier molecular flexibility index (Phi) is 41.2. The highest BCUT2D eigenvalue weighted by atomic mass is 16.7. The molecule has 1 heterocycles. The van der Waals surface area contributed by atoms with Crippen LogP contribution in [0.1, 0.15) is 252 Å². The Hall–Kier alpha value is -2.80. The van der Waals surface area contributed by atoms with Crippen molar-refractivity contribution in [3.05, 3.63) is 24.3 Å². The smallest absolute Gasteiger partial charge is 0.335 e. The van der Waals surface area contributed by atoms with Crippen molar-refractivity contribution >= 4 is 23.9 Å². The molecule has 12 heteroatoms. The fourth-order valence-corrected chi connectivity index (χ4v) is 8.23. The molecule has 1 aliphatic heterocycles. The maximum Gasteiger partial charge on any atom is 0.335 e. The summed E-state index contributed by atoms with van der Waals surface area (Å²) in [5, 5.41) is 31.3. The van der Waals surface area contributed by atoms with Gasteiger partial charge in [-0.25, -0.2) is 4.79 Å². The largest absolute Gasteiger partial charge is 0.479 e. The van der Waals surface area contributed by atoms with E-state index in [0.29, 0.717) is 19.3 Å². The van der Waals surface area contributed by atoms with E-state index in [4.69, 9.17) is 23.7 Å². The number of carbonyl (C=O) groups excluding carboxylic acids is 3. The van der Waals surface area contributed by atoms with Crippen LogP contribution >= 0.6 is 0 Å². The van der Waals surface area contributed by atoms with Crippen molar-refractivity contribution in [3.8, 4) is 0 Å². The third-order valence-corrected chi connectivity index (χ3v) is 12.5. The van der Waals surface area contributed by atoms with Crippen molar-refractivity contribution in [1.82, 2.24) is 0 Å². The molecule has 0 amide bonds. The number of hydrogen-bond acceptors (Lipinski definition) is 11. The molecule has 12 nitrogen and oxygen atoms in total. The van der Waals surface area contributed by atoms with Crippen molar-refractivity contribution < 1.29 is 58.2 Å². The zero-order valence-corrected chi connectivity index (χ0v) is 42.7. The van der Waals surface area contributed by atoms with Crippen LogP contribution < -0.4 is 0 Å². The van der Waals surface area contributed by atoms with E-state index in [1.165, 1.54) is 103 Å². The molecule has 390 valence electrons. The van der Waals surface area contributed by atoms with E-state index < -0.39 is 67.3 Å². The molecule has 1 aliphatic rings. The van der Waals surface area contributed by atoms with Crippen LogP contribution in [-0.4, -0.2) is 89.2 Å². The van der Waals surface area contributed by atoms with Gasteiger partial charge in [-0.05, 0) is 64.2 Å². The van der Waals surface area contributed by atoms with Gasteiger partial charge in [0.05, 0.1) is 6.61 Å². The van der Waals surface area contributed by atoms with Crippen molar-refractivity contribution in [3.63, 3.8) is 0 Å².